The minimum Gasteiger partial charge on any atom is -0.350 e. The number of ether oxygens (including phenoxy) is 2. The van der Waals surface area contributed by atoms with Crippen LogP contribution in [0.15, 0.2) is 12.1 Å². The number of hydrogen-bond acceptors (Lipinski definition) is 2. The van der Waals surface area contributed by atoms with Crippen molar-refractivity contribution in [1.82, 2.24) is 0 Å². The van der Waals surface area contributed by atoms with Crippen molar-refractivity contribution in [3.63, 3.8) is 0 Å². The number of aryl methyl sites for hydroxylation is 1. The third-order valence-electron chi connectivity index (χ3n) is 5.60. The molecule has 1 aromatic rings. The summed E-state index contributed by atoms with van der Waals surface area (Å²) in [6, 6.07) is 4.30. The average molecular weight is 475 g/mol. The van der Waals surface area contributed by atoms with Crippen LogP contribution in [0.4, 0.5) is 0 Å². The molecule has 0 radical (unpaired) electrons. The lowest BCUT2D eigenvalue weighted by Crippen LogP contribution is -2.36. The molecule has 1 atom stereocenters. The van der Waals surface area contributed by atoms with Crippen molar-refractivity contribution in [1.29, 1.82) is 0 Å². The van der Waals surface area contributed by atoms with E-state index in [1.54, 1.807) is 0 Å². The Morgan fingerprint density at radius 2 is 1.25 bits per heavy atom. The number of rotatable bonds is 6. The van der Waals surface area contributed by atoms with Crippen molar-refractivity contribution in [2.75, 3.05) is 13.2 Å². The Bertz CT molecular complexity index is 487. The number of hydrogen-bond donors (Lipinski definition) is 0. The van der Waals surface area contributed by atoms with Gasteiger partial charge in [0.15, 0.2) is 5.79 Å². The molecule has 1 unspecified atom stereocenters. The van der Waals surface area contributed by atoms with Gasteiger partial charge in [-0.2, -0.15) is 0 Å². The second-order valence-corrected chi connectivity index (χ2v) is 8.57. The van der Waals surface area contributed by atoms with E-state index in [0.29, 0.717) is 0 Å². The Morgan fingerprint density at radius 1 is 0.786 bits per heavy atom. The summed E-state index contributed by atoms with van der Waals surface area (Å²) in [6.45, 7) is 12.5. The lowest BCUT2D eigenvalue weighted by molar-refractivity contribution is -0.246. The van der Waals surface area contributed by atoms with Crippen LogP contribution in [0.5, 0.6) is 0 Å². The van der Waals surface area contributed by atoms with E-state index in [1.807, 2.05) is 0 Å². The van der Waals surface area contributed by atoms with Gasteiger partial charge in [0.05, 0.1) is 0 Å². The Morgan fingerprint density at radius 3 is 1.68 bits per heavy atom. The van der Waals surface area contributed by atoms with E-state index in [9.17, 15) is 0 Å². The van der Waals surface area contributed by atoms with Crippen LogP contribution in [0.2, 0.25) is 0 Å². The maximum absolute atomic E-state index is 6.09. The summed E-state index contributed by atoms with van der Waals surface area (Å²) in [7, 11) is 2.74. The summed E-state index contributed by atoms with van der Waals surface area (Å²) in [5.41, 5.74) is 4.18. The molecule has 0 aromatic heterocycles. The van der Waals surface area contributed by atoms with Crippen LogP contribution >= 0.6 is 26.2 Å². The van der Waals surface area contributed by atoms with E-state index in [2.05, 4.69) is 56.0 Å². The molecule has 2 rings (SSSR count). The maximum Gasteiger partial charge on any atom is 0.168 e. The first-order valence-corrected chi connectivity index (χ1v) is 11.6. The van der Waals surface area contributed by atoms with Gasteiger partial charge in [0.2, 0.25) is 0 Å². The molecule has 0 saturated heterocycles. The van der Waals surface area contributed by atoms with Gasteiger partial charge in [0.25, 0.3) is 0 Å². The molecule has 4 heteroatoms. The third-order valence-corrected chi connectivity index (χ3v) is 6.23. The minimum atomic E-state index is -0.254. The Hall–Kier alpha value is 0.0500. The number of halogens is 1. The summed E-state index contributed by atoms with van der Waals surface area (Å²) in [5.74, 6) is -0.254. The highest BCUT2D eigenvalue weighted by molar-refractivity contribution is 8.93. The summed E-state index contributed by atoms with van der Waals surface area (Å²) in [5, 5.41) is 1.31. The molecule has 1 aliphatic carbocycles. The predicted molar refractivity (Wildman–Crippen MR) is 132 cm³/mol. The normalized spacial score (nSPS) is 16.6. The molecule has 1 aromatic carbocycles. The van der Waals surface area contributed by atoms with Gasteiger partial charge in [-0.25, -0.2) is 0 Å². The SMILES string of the molecule is Br.CCCOC1(OCCC)CCCCCCCC1.Cc1ccc(P)c(C)c1C. The molecular weight excluding hydrogens is 431 g/mol. The van der Waals surface area contributed by atoms with Gasteiger partial charge >= 0.3 is 0 Å². The van der Waals surface area contributed by atoms with Crippen LogP contribution in [0.25, 0.3) is 0 Å². The molecule has 1 aliphatic rings. The maximum atomic E-state index is 6.09. The van der Waals surface area contributed by atoms with Crippen molar-refractivity contribution in [2.24, 2.45) is 0 Å². The summed E-state index contributed by atoms with van der Waals surface area (Å²) in [6.07, 6.45) is 12.3. The molecule has 28 heavy (non-hydrogen) atoms. The summed E-state index contributed by atoms with van der Waals surface area (Å²) in [4.78, 5) is 0. The summed E-state index contributed by atoms with van der Waals surface area (Å²) >= 11 is 0. The first-order chi connectivity index (χ1) is 13.0. The van der Waals surface area contributed by atoms with E-state index in [0.717, 1.165) is 38.9 Å². The summed E-state index contributed by atoms with van der Waals surface area (Å²) < 4.78 is 12.2. The molecule has 0 heterocycles. The van der Waals surface area contributed by atoms with Crippen LogP contribution in [-0.2, 0) is 9.47 Å². The largest absolute Gasteiger partial charge is 0.350 e. The highest BCUT2D eigenvalue weighted by Gasteiger charge is 2.31. The van der Waals surface area contributed by atoms with E-state index in [1.165, 1.54) is 60.5 Å². The average Bonchev–Trinajstić information content (AvgIpc) is 2.79. The molecule has 1 saturated carbocycles. The van der Waals surface area contributed by atoms with Crippen LogP contribution in [0.1, 0.15) is 94.7 Å². The van der Waals surface area contributed by atoms with Crippen molar-refractivity contribution in [2.45, 2.75) is 105 Å². The van der Waals surface area contributed by atoms with Gasteiger partial charge in [0.1, 0.15) is 0 Å². The van der Waals surface area contributed by atoms with Gasteiger partial charge < -0.3 is 9.47 Å². The fourth-order valence-electron chi connectivity index (χ4n) is 3.50. The van der Waals surface area contributed by atoms with Crippen molar-refractivity contribution < 1.29 is 9.47 Å². The van der Waals surface area contributed by atoms with Gasteiger partial charge in [-0.05, 0) is 68.4 Å². The topological polar surface area (TPSA) is 18.5 Å². The monoisotopic (exact) mass is 474 g/mol. The zero-order valence-corrected chi connectivity index (χ0v) is 21.8. The molecule has 0 bridgehead atoms. The zero-order chi connectivity index (χ0) is 20.1. The van der Waals surface area contributed by atoms with Gasteiger partial charge in [-0.1, -0.05) is 51.7 Å². The smallest absolute Gasteiger partial charge is 0.168 e. The second kappa shape index (κ2) is 15.8. The minimum absolute atomic E-state index is 0. The van der Waals surface area contributed by atoms with Crippen LogP contribution in [-0.4, -0.2) is 19.0 Å². The first-order valence-electron chi connectivity index (χ1n) is 11.1. The zero-order valence-electron chi connectivity index (χ0n) is 18.9. The van der Waals surface area contributed by atoms with Gasteiger partial charge in [-0.3, -0.25) is 0 Å². The van der Waals surface area contributed by atoms with Crippen LogP contribution < -0.4 is 5.30 Å². The van der Waals surface area contributed by atoms with Gasteiger partial charge in [-0.15, -0.1) is 26.2 Å². The lowest BCUT2D eigenvalue weighted by atomic mass is 10.0. The quantitative estimate of drug-likeness (QED) is 0.316. The highest BCUT2D eigenvalue weighted by atomic mass is 79.9. The second-order valence-electron chi connectivity index (χ2n) is 7.95. The van der Waals surface area contributed by atoms with Crippen LogP contribution in [0, 0.1) is 20.8 Å². The Kier molecular flexibility index (Phi) is 15.9. The van der Waals surface area contributed by atoms with E-state index >= 15 is 0 Å². The third kappa shape index (κ3) is 10.2. The van der Waals surface area contributed by atoms with E-state index < -0.39 is 0 Å². The highest BCUT2D eigenvalue weighted by Crippen LogP contribution is 2.30. The molecule has 0 N–H and O–H groups in total. The molecule has 164 valence electrons. The fraction of sp³-hybridized carbons (Fsp3) is 0.750. The van der Waals surface area contributed by atoms with Crippen molar-refractivity contribution in [3.8, 4) is 0 Å². The number of benzene rings is 1. The standard InChI is InChI=1S/C15H30O2.C9H13P.BrH/c1-3-13-16-15(17-14-4-2)11-9-7-5-6-8-10-12-15;1-6-4-5-9(10)8(3)7(6)2;/h3-14H2,1-2H3;4-5H,10H2,1-3H3;1H. The van der Waals surface area contributed by atoms with Crippen LogP contribution in [0.3, 0.4) is 0 Å². The van der Waals surface area contributed by atoms with Gasteiger partial charge in [0, 0.05) is 26.1 Å². The van der Waals surface area contributed by atoms with E-state index in [-0.39, 0.29) is 22.8 Å². The Balaban J connectivity index is 0.000000567. The molecule has 1 fully saturated rings. The lowest BCUT2D eigenvalue weighted by Gasteiger charge is -2.34. The molecular formula is C24H44BrO2P. The Labute approximate surface area is 187 Å². The first kappa shape index (κ1) is 28.1. The van der Waals surface area contributed by atoms with Crippen molar-refractivity contribution in [3.05, 3.63) is 28.8 Å². The fourth-order valence-corrected chi connectivity index (χ4v) is 3.82. The van der Waals surface area contributed by atoms with E-state index in [4.69, 9.17) is 9.47 Å². The molecule has 2 nitrogen and oxygen atoms in total. The predicted octanol–water partition coefficient (Wildman–Crippen LogP) is 7.36. The molecule has 0 amide bonds. The molecule has 0 spiro atoms. The molecule has 0 aliphatic heterocycles. The van der Waals surface area contributed by atoms with Crippen molar-refractivity contribution >= 4 is 31.5 Å².